The minimum Gasteiger partial charge on any atom is -0.459 e. The number of fused-ring (bicyclic) bond motifs is 4. The molecule has 11 rings (SSSR count). The maximum atomic E-state index is 13.4. The Labute approximate surface area is 359 Å². The first-order valence-electron chi connectivity index (χ1n) is 21.1. The van der Waals surface area contributed by atoms with Crippen molar-refractivity contribution in [3.8, 4) is 0 Å². The maximum absolute atomic E-state index is 13.4. The van der Waals surface area contributed by atoms with Crippen LogP contribution >= 0.6 is 0 Å². The highest BCUT2D eigenvalue weighted by Gasteiger charge is 2.26. The van der Waals surface area contributed by atoms with E-state index in [9.17, 15) is 14.7 Å². The first-order chi connectivity index (χ1) is 30.2. The van der Waals surface area contributed by atoms with Gasteiger partial charge in [-0.3, -0.25) is 0 Å². The molecule has 0 spiro atoms. The Morgan fingerprint density at radius 3 is 1.40 bits per heavy atom. The standard InChI is InChI=1S/C35H31NO4.C21H14O/c1-35(2,3)40-34(38)36-30(20-22-10-5-4-6-11-22)33(37)39-21-24-18-19-29-27-16-8-13-23-12-7-15-26(31(23)27)28-17-9-14-25(24)32(28)29;22-12-14-10-11-19-17-8-2-5-13-4-1-7-16(20(13)17)18-9-3-6-15(14)21(18)19/h4-19,30H,20-21H2,1-3H3,(H,36,38);1-11,22H,12H2/t30-;/m1./s1. The quantitative estimate of drug-likeness (QED) is 0.0951. The Morgan fingerprint density at radius 2 is 0.919 bits per heavy atom. The summed E-state index contributed by atoms with van der Waals surface area (Å²) in [6.45, 7) is 5.52. The number of carbonyl (C=O) groups excluding carboxylic acids is 2. The Morgan fingerprint density at radius 1 is 0.500 bits per heavy atom. The molecule has 0 aliphatic carbocycles. The molecule has 11 aromatic carbocycles. The third-order valence-electron chi connectivity index (χ3n) is 12.0. The smallest absolute Gasteiger partial charge is 0.408 e. The molecule has 0 fully saturated rings. The molecule has 11 aromatic rings. The van der Waals surface area contributed by atoms with E-state index in [1.54, 1.807) is 20.8 Å². The molecule has 0 aliphatic rings. The van der Waals surface area contributed by atoms with E-state index in [-0.39, 0.29) is 13.2 Å². The first-order valence-corrected chi connectivity index (χ1v) is 21.1. The number of aliphatic hydroxyl groups is 1. The van der Waals surface area contributed by atoms with E-state index in [2.05, 4.69) is 127 Å². The second-order valence-corrected chi connectivity index (χ2v) is 17.1. The molecule has 0 aromatic heterocycles. The Hall–Kier alpha value is -7.28. The van der Waals surface area contributed by atoms with Gasteiger partial charge in [-0.2, -0.15) is 0 Å². The van der Waals surface area contributed by atoms with Crippen molar-refractivity contribution in [1.82, 2.24) is 5.32 Å². The lowest BCUT2D eigenvalue weighted by Gasteiger charge is -2.23. The van der Waals surface area contributed by atoms with Gasteiger partial charge in [0.15, 0.2) is 0 Å². The van der Waals surface area contributed by atoms with Crippen molar-refractivity contribution in [3.63, 3.8) is 0 Å². The van der Waals surface area contributed by atoms with E-state index in [1.165, 1.54) is 70.0 Å². The van der Waals surface area contributed by atoms with E-state index < -0.39 is 23.7 Å². The van der Waals surface area contributed by atoms with Crippen LogP contribution in [0.1, 0.15) is 37.5 Å². The second-order valence-electron chi connectivity index (χ2n) is 17.1. The van der Waals surface area contributed by atoms with E-state index in [4.69, 9.17) is 9.47 Å². The lowest BCUT2D eigenvalue weighted by Crippen LogP contribution is -2.45. The zero-order valence-corrected chi connectivity index (χ0v) is 34.9. The number of ether oxygens (including phenoxy) is 2. The molecule has 0 saturated heterocycles. The molecule has 62 heavy (non-hydrogen) atoms. The van der Waals surface area contributed by atoms with Crippen LogP contribution in [0, 0.1) is 0 Å². The summed E-state index contributed by atoms with van der Waals surface area (Å²) in [4.78, 5) is 25.9. The fourth-order valence-electron chi connectivity index (χ4n) is 9.42. The molecular formula is C56H45NO5. The summed E-state index contributed by atoms with van der Waals surface area (Å²) >= 11 is 0. The predicted octanol–water partition coefficient (Wildman–Crippen LogP) is 13.1. The second kappa shape index (κ2) is 15.6. The van der Waals surface area contributed by atoms with Gasteiger partial charge >= 0.3 is 12.1 Å². The van der Waals surface area contributed by atoms with Crippen LogP contribution in [-0.2, 0) is 33.9 Å². The number of hydrogen-bond acceptors (Lipinski definition) is 5. The molecule has 0 unspecified atom stereocenters. The van der Waals surface area contributed by atoms with Gasteiger partial charge in [0.1, 0.15) is 18.2 Å². The third-order valence-corrected chi connectivity index (χ3v) is 12.0. The number of esters is 1. The van der Waals surface area contributed by atoms with Crippen LogP contribution in [0.15, 0.2) is 164 Å². The summed E-state index contributed by atoms with van der Waals surface area (Å²) in [6, 6.07) is 55.6. The minimum atomic E-state index is -0.887. The highest BCUT2D eigenvalue weighted by atomic mass is 16.6. The Bertz CT molecular complexity index is 3360. The maximum Gasteiger partial charge on any atom is 0.408 e. The lowest BCUT2D eigenvalue weighted by molar-refractivity contribution is -0.147. The molecule has 0 saturated carbocycles. The van der Waals surface area contributed by atoms with Gasteiger partial charge in [-0.15, -0.1) is 0 Å². The number of amides is 1. The SMILES string of the molecule is CC(C)(C)OC(=O)N[C@H](Cc1ccccc1)C(=O)OCc1ccc2c3cccc4cccc(c5cccc1c52)c43.OCc1ccc2c3cccc4cccc(c5cccc1c52)c43. The number of alkyl carbamates (subject to hydrolysis) is 1. The van der Waals surface area contributed by atoms with Crippen molar-refractivity contribution in [2.75, 3.05) is 0 Å². The van der Waals surface area contributed by atoms with Crippen LogP contribution in [0.2, 0.25) is 0 Å². The fourth-order valence-corrected chi connectivity index (χ4v) is 9.42. The van der Waals surface area contributed by atoms with E-state index >= 15 is 0 Å². The molecule has 6 nitrogen and oxygen atoms in total. The summed E-state index contributed by atoms with van der Waals surface area (Å²) in [7, 11) is 0. The molecule has 0 radical (unpaired) electrons. The van der Waals surface area contributed by atoms with E-state index in [0.29, 0.717) is 6.42 Å². The highest BCUT2D eigenvalue weighted by molar-refractivity contribution is 6.34. The van der Waals surface area contributed by atoms with Gasteiger partial charge in [-0.05, 0) is 124 Å². The first kappa shape index (κ1) is 38.9. The minimum absolute atomic E-state index is 0.0755. The van der Waals surface area contributed by atoms with Crippen LogP contribution in [0.4, 0.5) is 4.79 Å². The van der Waals surface area contributed by atoms with Gasteiger partial charge in [0, 0.05) is 6.42 Å². The largest absolute Gasteiger partial charge is 0.459 e. The van der Waals surface area contributed by atoms with Gasteiger partial charge in [0.05, 0.1) is 6.61 Å². The number of carbonyl (C=O) groups is 2. The molecular weight excluding hydrogens is 767 g/mol. The molecule has 1 amide bonds. The van der Waals surface area contributed by atoms with Crippen molar-refractivity contribution in [2.24, 2.45) is 0 Å². The zero-order valence-electron chi connectivity index (χ0n) is 34.9. The van der Waals surface area contributed by atoms with Crippen molar-refractivity contribution in [1.29, 1.82) is 0 Å². The third kappa shape index (κ3) is 6.92. The van der Waals surface area contributed by atoms with Crippen molar-refractivity contribution >= 4 is 98.2 Å². The summed E-state index contributed by atoms with van der Waals surface area (Å²) in [6.07, 6.45) is -0.358. The summed E-state index contributed by atoms with van der Waals surface area (Å²) in [5, 5.41) is 32.0. The Kier molecular flexibility index (Phi) is 9.81. The Balaban J connectivity index is 0.000000174. The number of aliphatic hydroxyl groups excluding tert-OH is 1. The predicted molar refractivity (Wildman–Crippen MR) is 254 cm³/mol. The normalized spacial score (nSPS) is 12.5. The van der Waals surface area contributed by atoms with Crippen molar-refractivity contribution in [2.45, 2.75) is 52.0 Å². The van der Waals surface area contributed by atoms with Gasteiger partial charge in [-0.25, -0.2) is 9.59 Å². The average molecular weight is 812 g/mol. The van der Waals surface area contributed by atoms with Crippen LogP contribution < -0.4 is 5.32 Å². The number of nitrogens with one attached hydrogen (secondary N) is 1. The monoisotopic (exact) mass is 811 g/mol. The average Bonchev–Trinajstić information content (AvgIpc) is 3.28. The van der Waals surface area contributed by atoms with E-state index in [1.807, 2.05) is 42.5 Å². The number of hydrogen-bond donors (Lipinski definition) is 2. The summed E-state index contributed by atoms with van der Waals surface area (Å²) in [5.74, 6) is -0.509. The van der Waals surface area contributed by atoms with Crippen LogP contribution in [-0.4, -0.2) is 28.8 Å². The van der Waals surface area contributed by atoms with Crippen LogP contribution in [0.5, 0.6) is 0 Å². The zero-order chi connectivity index (χ0) is 42.5. The van der Waals surface area contributed by atoms with Crippen molar-refractivity contribution < 1.29 is 24.2 Å². The summed E-state index contributed by atoms with van der Waals surface area (Å²) in [5.41, 5.74) is 2.13. The number of benzene rings is 11. The van der Waals surface area contributed by atoms with Gasteiger partial charge in [0.25, 0.3) is 0 Å². The van der Waals surface area contributed by atoms with Crippen LogP contribution in [0.3, 0.4) is 0 Å². The van der Waals surface area contributed by atoms with Gasteiger partial charge in [0.2, 0.25) is 0 Å². The molecule has 0 aliphatic heterocycles. The fraction of sp³-hybridized carbons (Fsp3) is 0.143. The highest BCUT2D eigenvalue weighted by Crippen LogP contribution is 2.42. The molecule has 2 N–H and O–H groups in total. The van der Waals surface area contributed by atoms with E-state index in [0.717, 1.165) is 32.8 Å². The number of rotatable bonds is 7. The van der Waals surface area contributed by atoms with Crippen LogP contribution in [0.25, 0.3) is 86.2 Å². The molecule has 0 heterocycles. The molecule has 1 atom stereocenters. The molecule has 0 bridgehead atoms. The topological polar surface area (TPSA) is 84.9 Å². The summed E-state index contributed by atoms with van der Waals surface area (Å²) < 4.78 is 11.3. The molecule has 6 heteroatoms. The van der Waals surface area contributed by atoms with Crippen molar-refractivity contribution in [3.05, 3.63) is 180 Å². The molecule has 304 valence electrons. The lowest BCUT2D eigenvalue weighted by atomic mass is 9.88. The van der Waals surface area contributed by atoms with Gasteiger partial charge < -0.3 is 19.9 Å². The van der Waals surface area contributed by atoms with Gasteiger partial charge in [-0.1, -0.05) is 164 Å².